The number of imide groups is 1. The zero-order chi connectivity index (χ0) is 13.0. The molecular formula is C13H17N3O2. The summed E-state index contributed by atoms with van der Waals surface area (Å²) in [5.41, 5.74) is 0.733. The van der Waals surface area contributed by atoms with Gasteiger partial charge >= 0.3 is 0 Å². The fourth-order valence-electron chi connectivity index (χ4n) is 1.99. The molecule has 0 bridgehead atoms. The molecule has 1 aromatic heterocycles. The average molecular weight is 247 g/mol. The van der Waals surface area contributed by atoms with Gasteiger partial charge < -0.3 is 5.32 Å². The molecular weight excluding hydrogens is 230 g/mol. The largest absolute Gasteiger partial charge is 0.370 e. The molecule has 0 aromatic carbocycles. The second-order valence-corrected chi connectivity index (χ2v) is 4.27. The van der Waals surface area contributed by atoms with Gasteiger partial charge in [0.2, 0.25) is 11.8 Å². The molecule has 1 aliphatic rings. The van der Waals surface area contributed by atoms with E-state index in [0.717, 1.165) is 18.1 Å². The van der Waals surface area contributed by atoms with Gasteiger partial charge in [0.15, 0.2) is 0 Å². The van der Waals surface area contributed by atoms with Crippen molar-refractivity contribution in [3.8, 4) is 0 Å². The number of hydrogen-bond donors (Lipinski definition) is 1. The number of likely N-dealkylation sites (tertiary alicyclic amines) is 1. The lowest BCUT2D eigenvalue weighted by Gasteiger charge is -2.24. The Labute approximate surface area is 106 Å². The Kier molecular flexibility index (Phi) is 3.92. The van der Waals surface area contributed by atoms with Gasteiger partial charge in [0.05, 0.1) is 12.2 Å². The minimum Gasteiger partial charge on any atom is -0.370 e. The molecule has 1 aliphatic heterocycles. The van der Waals surface area contributed by atoms with Crippen molar-refractivity contribution in [3.63, 3.8) is 0 Å². The first-order valence-corrected chi connectivity index (χ1v) is 6.23. The summed E-state index contributed by atoms with van der Waals surface area (Å²) in [6.07, 6.45) is 1.58. The molecule has 0 unspecified atom stereocenters. The number of nitrogens with one attached hydrogen (secondary N) is 1. The van der Waals surface area contributed by atoms with Crippen molar-refractivity contribution in [2.75, 3.05) is 11.9 Å². The fraction of sp³-hybridized carbons (Fsp3) is 0.462. The summed E-state index contributed by atoms with van der Waals surface area (Å²) < 4.78 is 0. The minimum absolute atomic E-state index is 0.0955. The summed E-state index contributed by atoms with van der Waals surface area (Å²) in [7, 11) is 0. The average Bonchev–Trinajstić information content (AvgIpc) is 2.35. The Hall–Kier alpha value is -1.91. The van der Waals surface area contributed by atoms with E-state index in [1.165, 1.54) is 4.90 Å². The highest BCUT2D eigenvalue weighted by molar-refractivity contribution is 5.97. The van der Waals surface area contributed by atoms with Crippen molar-refractivity contribution in [1.29, 1.82) is 0 Å². The number of anilines is 1. The maximum absolute atomic E-state index is 11.7. The van der Waals surface area contributed by atoms with Crippen LogP contribution in [-0.4, -0.2) is 28.2 Å². The first-order chi connectivity index (χ1) is 8.70. The van der Waals surface area contributed by atoms with Gasteiger partial charge in [0.1, 0.15) is 5.82 Å². The number of pyridine rings is 1. The molecule has 5 heteroatoms. The molecule has 18 heavy (non-hydrogen) atoms. The van der Waals surface area contributed by atoms with Crippen LogP contribution in [0.5, 0.6) is 0 Å². The van der Waals surface area contributed by atoms with Gasteiger partial charge in [-0.05, 0) is 25.5 Å². The zero-order valence-corrected chi connectivity index (χ0v) is 10.5. The van der Waals surface area contributed by atoms with Gasteiger partial charge in [-0.2, -0.15) is 0 Å². The van der Waals surface area contributed by atoms with Crippen LogP contribution in [0.1, 0.15) is 31.9 Å². The molecule has 0 spiro atoms. The number of aromatic nitrogens is 1. The predicted molar refractivity (Wildman–Crippen MR) is 67.8 cm³/mol. The van der Waals surface area contributed by atoms with Crippen LogP contribution in [0.25, 0.3) is 0 Å². The van der Waals surface area contributed by atoms with E-state index in [-0.39, 0.29) is 18.4 Å². The highest BCUT2D eigenvalue weighted by Gasteiger charge is 2.26. The number of carbonyl (C=O) groups is 2. The van der Waals surface area contributed by atoms with Crippen molar-refractivity contribution in [1.82, 2.24) is 9.88 Å². The SMILES string of the molecule is CCNc1cccc(CN2C(=O)CCCC2=O)n1. The van der Waals surface area contributed by atoms with E-state index in [1.807, 2.05) is 25.1 Å². The van der Waals surface area contributed by atoms with E-state index in [4.69, 9.17) is 0 Å². The van der Waals surface area contributed by atoms with Gasteiger partial charge in [-0.1, -0.05) is 6.07 Å². The third-order valence-corrected chi connectivity index (χ3v) is 2.87. The molecule has 2 rings (SSSR count). The van der Waals surface area contributed by atoms with Crippen LogP contribution in [-0.2, 0) is 16.1 Å². The van der Waals surface area contributed by atoms with Crippen LogP contribution in [0.2, 0.25) is 0 Å². The molecule has 0 aliphatic carbocycles. The lowest BCUT2D eigenvalue weighted by molar-refractivity contribution is -0.148. The highest BCUT2D eigenvalue weighted by Crippen LogP contribution is 2.15. The number of carbonyl (C=O) groups excluding carboxylic acids is 2. The van der Waals surface area contributed by atoms with Gasteiger partial charge in [0, 0.05) is 19.4 Å². The monoisotopic (exact) mass is 247 g/mol. The standard InChI is InChI=1S/C13H17N3O2/c1-2-14-11-6-3-5-10(15-11)9-16-12(17)7-4-8-13(16)18/h3,5-6H,2,4,7-9H2,1H3,(H,14,15). The summed E-state index contributed by atoms with van der Waals surface area (Å²) in [5.74, 6) is 0.579. The molecule has 0 saturated carbocycles. The molecule has 96 valence electrons. The van der Waals surface area contributed by atoms with E-state index < -0.39 is 0 Å². The maximum Gasteiger partial charge on any atom is 0.229 e. The Bertz CT molecular complexity index is 443. The van der Waals surface area contributed by atoms with E-state index >= 15 is 0 Å². The number of amides is 2. The van der Waals surface area contributed by atoms with Gasteiger partial charge in [-0.25, -0.2) is 4.98 Å². The Balaban J connectivity index is 2.10. The van der Waals surface area contributed by atoms with Crippen molar-refractivity contribution < 1.29 is 9.59 Å². The molecule has 1 fully saturated rings. The summed E-state index contributed by atoms with van der Waals surface area (Å²) in [4.78, 5) is 29.0. The smallest absolute Gasteiger partial charge is 0.229 e. The molecule has 1 aromatic rings. The molecule has 1 saturated heterocycles. The Morgan fingerprint density at radius 3 is 2.67 bits per heavy atom. The topological polar surface area (TPSA) is 62.3 Å². The van der Waals surface area contributed by atoms with Crippen molar-refractivity contribution in [2.24, 2.45) is 0 Å². The van der Waals surface area contributed by atoms with Crippen molar-refractivity contribution in [2.45, 2.75) is 32.7 Å². The summed E-state index contributed by atoms with van der Waals surface area (Å²) in [6, 6.07) is 5.57. The molecule has 0 atom stereocenters. The zero-order valence-electron chi connectivity index (χ0n) is 10.5. The Morgan fingerprint density at radius 2 is 2.00 bits per heavy atom. The van der Waals surface area contributed by atoms with Crippen molar-refractivity contribution >= 4 is 17.6 Å². The predicted octanol–water partition coefficient (Wildman–Crippen LogP) is 1.55. The molecule has 2 amide bonds. The van der Waals surface area contributed by atoms with Crippen LogP contribution in [0, 0.1) is 0 Å². The second-order valence-electron chi connectivity index (χ2n) is 4.27. The number of nitrogens with zero attached hydrogens (tertiary/aromatic N) is 2. The second kappa shape index (κ2) is 5.62. The van der Waals surface area contributed by atoms with Crippen LogP contribution in [0.4, 0.5) is 5.82 Å². The lowest BCUT2D eigenvalue weighted by Crippen LogP contribution is -2.39. The third-order valence-electron chi connectivity index (χ3n) is 2.87. The molecule has 0 radical (unpaired) electrons. The molecule has 1 N–H and O–H groups in total. The van der Waals surface area contributed by atoms with E-state index in [1.54, 1.807) is 0 Å². The molecule has 5 nitrogen and oxygen atoms in total. The fourth-order valence-corrected chi connectivity index (χ4v) is 1.99. The van der Waals surface area contributed by atoms with E-state index in [0.29, 0.717) is 19.3 Å². The van der Waals surface area contributed by atoms with Crippen LogP contribution in [0.15, 0.2) is 18.2 Å². The number of piperidine rings is 1. The first kappa shape index (κ1) is 12.5. The van der Waals surface area contributed by atoms with Crippen LogP contribution < -0.4 is 5.32 Å². The normalized spacial score (nSPS) is 15.9. The number of hydrogen-bond acceptors (Lipinski definition) is 4. The first-order valence-electron chi connectivity index (χ1n) is 6.23. The van der Waals surface area contributed by atoms with E-state index in [2.05, 4.69) is 10.3 Å². The van der Waals surface area contributed by atoms with Crippen LogP contribution in [0.3, 0.4) is 0 Å². The van der Waals surface area contributed by atoms with Gasteiger partial charge in [-0.3, -0.25) is 14.5 Å². The maximum atomic E-state index is 11.7. The lowest BCUT2D eigenvalue weighted by atomic mass is 10.1. The quantitative estimate of drug-likeness (QED) is 0.820. The van der Waals surface area contributed by atoms with Crippen LogP contribution >= 0.6 is 0 Å². The third kappa shape index (κ3) is 2.85. The van der Waals surface area contributed by atoms with Crippen molar-refractivity contribution in [3.05, 3.63) is 23.9 Å². The van der Waals surface area contributed by atoms with Gasteiger partial charge in [-0.15, -0.1) is 0 Å². The summed E-state index contributed by atoms with van der Waals surface area (Å²) in [6.45, 7) is 3.06. The molecule has 2 heterocycles. The Morgan fingerprint density at radius 1 is 1.28 bits per heavy atom. The minimum atomic E-state index is -0.0955. The highest BCUT2D eigenvalue weighted by atomic mass is 16.2. The summed E-state index contributed by atoms with van der Waals surface area (Å²) in [5, 5.41) is 3.11. The van der Waals surface area contributed by atoms with E-state index in [9.17, 15) is 9.59 Å². The summed E-state index contributed by atoms with van der Waals surface area (Å²) >= 11 is 0. The number of rotatable bonds is 4. The van der Waals surface area contributed by atoms with Gasteiger partial charge in [0.25, 0.3) is 0 Å².